The minimum Gasteiger partial charge on any atom is -0.655 e. The predicted molar refractivity (Wildman–Crippen MR) is 175 cm³/mol. The van der Waals surface area contributed by atoms with Gasteiger partial charge in [0.1, 0.15) is 5.54 Å². The number of urea groups is 1. The third-order valence-corrected chi connectivity index (χ3v) is 12.3. The van der Waals surface area contributed by atoms with E-state index in [9.17, 15) is 14.8 Å². The first kappa shape index (κ1) is 36.4. The third kappa shape index (κ3) is 8.15. The van der Waals surface area contributed by atoms with Crippen molar-refractivity contribution in [3.8, 4) is 0 Å². The van der Waals surface area contributed by atoms with Gasteiger partial charge in [-0.15, -0.1) is 36.6 Å². The number of benzene rings is 1. The van der Waals surface area contributed by atoms with E-state index in [-0.39, 0.29) is 56.1 Å². The Balaban J connectivity index is 0.00000442. The number of ether oxygens (including phenoxy) is 1. The van der Waals surface area contributed by atoms with Crippen LogP contribution in [0.4, 0.5) is 4.79 Å². The van der Waals surface area contributed by atoms with Gasteiger partial charge in [0.2, 0.25) is 0 Å². The van der Waals surface area contributed by atoms with E-state index in [1.807, 2.05) is 46.6 Å². The van der Waals surface area contributed by atoms with E-state index in [4.69, 9.17) is 10.1 Å². The fourth-order valence-corrected chi connectivity index (χ4v) is 9.86. The molecule has 44 heavy (non-hydrogen) atoms. The molecule has 2 spiro atoms. The first-order chi connectivity index (χ1) is 20.8. The van der Waals surface area contributed by atoms with Crippen LogP contribution in [-0.4, -0.2) is 95.0 Å². The van der Waals surface area contributed by atoms with Gasteiger partial charge in [0.05, 0.1) is 0 Å². The summed E-state index contributed by atoms with van der Waals surface area (Å²) >= 11 is 3.70. The molecule has 0 unspecified atom stereocenters. The molecule has 241 valence electrons. The van der Waals surface area contributed by atoms with Crippen LogP contribution in [0.25, 0.3) is 5.32 Å². The number of amides is 3. The zero-order valence-electron chi connectivity index (χ0n) is 26.7. The average Bonchev–Trinajstić information content (AvgIpc) is 3.18. The summed E-state index contributed by atoms with van der Waals surface area (Å²) in [5.41, 5.74) is 1.81. The van der Waals surface area contributed by atoms with Crippen molar-refractivity contribution < 1.29 is 52.2 Å². The monoisotopic (exact) mass is 718 g/mol. The van der Waals surface area contributed by atoms with Crippen LogP contribution in [0.15, 0.2) is 40.1 Å². The molecule has 4 aliphatic rings. The maximum atomic E-state index is 13.4. The second kappa shape index (κ2) is 16.6. The van der Waals surface area contributed by atoms with Crippen LogP contribution in [-0.2, 0) is 48.8 Å². The maximum Gasteiger partial charge on any atom is 0.327 e. The smallest absolute Gasteiger partial charge is 0.327 e. The molecule has 1 radical (unpaired) electrons. The standard InChI is InChI=1S/C33H49N4O4S2.Y/c1-4-42-29(43-5-2)27(20-34-19-25-9-7-6-8-10-25)22-37(40)28-11-15-32(16-12-28)23-33(24-32)30(38)35(3)31(39)36(33)21-26-13-17-41-18-14-26;/h6-10,26,28,40H,4-5,11-24H2,1-3H3;/q-1;. The van der Waals surface area contributed by atoms with Crippen molar-refractivity contribution in [1.82, 2.24) is 14.9 Å². The number of hydrogen-bond donors (Lipinski definition) is 1. The summed E-state index contributed by atoms with van der Waals surface area (Å²) in [4.78, 5) is 29.8. The van der Waals surface area contributed by atoms with Gasteiger partial charge in [-0.2, -0.15) is 5.06 Å². The minimum absolute atomic E-state index is 0. The quantitative estimate of drug-likeness (QED) is 0.179. The normalized spacial score (nSPS) is 27.2. The number of hydroxylamine groups is 2. The molecule has 2 heterocycles. The number of imide groups is 1. The van der Waals surface area contributed by atoms with E-state index in [0.29, 0.717) is 32.1 Å². The zero-order valence-corrected chi connectivity index (χ0v) is 31.2. The molecular formula is C33H49N4O4S2Y-. The number of thioether (sulfide) groups is 2. The molecule has 0 aromatic heterocycles. The molecular weight excluding hydrogens is 669 g/mol. The summed E-state index contributed by atoms with van der Waals surface area (Å²) in [7, 11) is 1.64. The number of carbonyl (C=O) groups is 2. The molecule has 3 amide bonds. The van der Waals surface area contributed by atoms with Crippen LogP contribution in [0.5, 0.6) is 0 Å². The zero-order chi connectivity index (χ0) is 30.5. The summed E-state index contributed by atoms with van der Waals surface area (Å²) in [5.74, 6) is 2.36. The van der Waals surface area contributed by atoms with Crippen molar-refractivity contribution in [1.29, 1.82) is 0 Å². The van der Waals surface area contributed by atoms with Crippen molar-refractivity contribution in [3.63, 3.8) is 0 Å². The van der Waals surface area contributed by atoms with E-state index < -0.39 is 5.54 Å². The van der Waals surface area contributed by atoms with E-state index in [2.05, 4.69) is 26.0 Å². The Bertz CT molecular complexity index is 1130. The van der Waals surface area contributed by atoms with Crippen molar-refractivity contribution in [2.24, 2.45) is 11.3 Å². The first-order valence-electron chi connectivity index (χ1n) is 16.1. The molecule has 4 fully saturated rings. The Labute approximate surface area is 297 Å². The van der Waals surface area contributed by atoms with Gasteiger partial charge in [0.15, 0.2) is 0 Å². The maximum absolute atomic E-state index is 13.4. The molecule has 0 atom stereocenters. The Morgan fingerprint density at radius 2 is 1.68 bits per heavy atom. The summed E-state index contributed by atoms with van der Waals surface area (Å²) < 4.78 is 6.81. The van der Waals surface area contributed by atoms with Crippen LogP contribution in [0.3, 0.4) is 0 Å². The van der Waals surface area contributed by atoms with Gasteiger partial charge < -0.3 is 20.2 Å². The molecule has 2 aliphatic carbocycles. The van der Waals surface area contributed by atoms with Crippen LogP contribution < -0.4 is 0 Å². The van der Waals surface area contributed by atoms with Crippen molar-refractivity contribution in [2.75, 3.05) is 51.4 Å². The topological polar surface area (TPSA) is 87.4 Å². The van der Waals surface area contributed by atoms with Crippen molar-refractivity contribution in [3.05, 3.63) is 51.0 Å². The summed E-state index contributed by atoms with van der Waals surface area (Å²) in [5, 5.41) is 17.8. The van der Waals surface area contributed by atoms with Gasteiger partial charge in [-0.25, -0.2) is 4.79 Å². The average molecular weight is 719 g/mol. The second-order valence-electron chi connectivity index (χ2n) is 12.8. The van der Waals surface area contributed by atoms with E-state index >= 15 is 0 Å². The van der Waals surface area contributed by atoms with Gasteiger partial charge in [-0.3, -0.25) is 9.69 Å². The SMILES string of the molecule is CCSC(SCC)=C(C[N-]Cc1ccccc1)CN(O)C1CCC2(CC1)CC1(C2)C(=O)N(C)C(=O)N1CC1CCOCC1.[Y]. The fraction of sp³-hybridized carbons (Fsp3) is 0.697. The molecule has 1 aromatic rings. The molecule has 0 bridgehead atoms. The molecule has 2 saturated heterocycles. The summed E-state index contributed by atoms with van der Waals surface area (Å²) in [6.07, 6.45) is 7.15. The molecule has 5 rings (SSSR count). The van der Waals surface area contributed by atoms with E-state index in [1.165, 1.54) is 20.3 Å². The van der Waals surface area contributed by atoms with Gasteiger partial charge in [0.25, 0.3) is 5.91 Å². The molecule has 1 N–H and O–H groups in total. The largest absolute Gasteiger partial charge is 0.655 e. The van der Waals surface area contributed by atoms with Gasteiger partial charge in [0, 0.05) is 76.3 Å². The Hall–Kier alpha value is -0.456. The first-order valence-corrected chi connectivity index (χ1v) is 18.1. The fourth-order valence-electron chi connectivity index (χ4n) is 7.63. The van der Waals surface area contributed by atoms with E-state index in [1.54, 1.807) is 12.1 Å². The number of nitrogens with zero attached hydrogens (tertiary/aromatic N) is 4. The predicted octanol–water partition coefficient (Wildman–Crippen LogP) is 6.75. The molecule has 1 aromatic carbocycles. The van der Waals surface area contributed by atoms with Crippen molar-refractivity contribution >= 4 is 35.5 Å². The third-order valence-electron chi connectivity index (χ3n) is 9.92. The van der Waals surface area contributed by atoms with Gasteiger partial charge in [-0.05, 0) is 74.2 Å². The number of likely N-dealkylation sites (N-methyl/N-ethyl adjacent to an activating group) is 1. The molecule has 8 nitrogen and oxygen atoms in total. The van der Waals surface area contributed by atoms with Crippen LogP contribution in [0.2, 0.25) is 0 Å². The Morgan fingerprint density at radius 1 is 1.05 bits per heavy atom. The van der Waals surface area contributed by atoms with Gasteiger partial charge >= 0.3 is 6.03 Å². The summed E-state index contributed by atoms with van der Waals surface area (Å²) in [6, 6.07) is 10.3. The number of hydrogen-bond acceptors (Lipinski definition) is 7. The Morgan fingerprint density at radius 3 is 2.30 bits per heavy atom. The van der Waals surface area contributed by atoms with Crippen molar-refractivity contribution in [2.45, 2.75) is 83.3 Å². The summed E-state index contributed by atoms with van der Waals surface area (Å²) in [6.45, 7) is 8.27. The number of carbonyl (C=O) groups excluding carboxylic acids is 2. The van der Waals surface area contributed by atoms with Gasteiger partial charge in [-0.1, -0.05) is 55.3 Å². The Kier molecular flexibility index (Phi) is 13.7. The van der Waals surface area contributed by atoms with E-state index in [0.717, 1.165) is 76.1 Å². The molecule has 2 saturated carbocycles. The molecule has 11 heteroatoms. The molecule has 2 aliphatic heterocycles. The second-order valence-corrected chi connectivity index (χ2v) is 15.6. The van der Waals surface area contributed by atoms with Crippen LogP contribution >= 0.6 is 23.5 Å². The minimum atomic E-state index is -0.671. The van der Waals surface area contributed by atoms with Crippen LogP contribution in [0, 0.1) is 11.3 Å². The number of rotatable bonds is 13. The van der Waals surface area contributed by atoms with Crippen LogP contribution in [0.1, 0.15) is 70.8 Å².